The first-order valence-corrected chi connectivity index (χ1v) is 11.0. The van der Waals surface area contributed by atoms with E-state index in [4.69, 9.17) is 4.74 Å². The second kappa shape index (κ2) is 8.68. The van der Waals surface area contributed by atoms with Crippen LogP contribution in [0.2, 0.25) is 0 Å². The van der Waals surface area contributed by atoms with Crippen LogP contribution in [0.3, 0.4) is 0 Å². The molecule has 9 heteroatoms. The third-order valence-corrected chi connectivity index (χ3v) is 7.05. The van der Waals surface area contributed by atoms with Crippen LogP contribution in [0.25, 0.3) is 0 Å². The van der Waals surface area contributed by atoms with E-state index in [1.165, 1.54) is 25.6 Å². The van der Waals surface area contributed by atoms with Gasteiger partial charge in [-0.25, -0.2) is 8.42 Å². The highest BCUT2D eigenvalue weighted by Crippen LogP contribution is 2.24. The summed E-state index contributed by atoms with van der Waals surface area (Å²) in [4.78, 5) is 35.2. The molecule has 0 radical (unpaired) electrons. The van der Waals surface area contributed by atoms with Gasteiger partial charge in [0.1, 0.15) is 0 Å². The summed E-state index contributed by atoms with van der Waals surface area (Å²) in [6.07, 6.45) is -0.405. The molecule has 1 aromatic carbocycles. The number of sulfone groups is 1. The quantitative estimate of drug-likeness (QED) is 0.549. The average Bonchev–Trinajstić information content (AvgIpc) is 2.91. The molecular weight excluding hydrogens is 378 g/mol. The number of thioether (sulfide) groups is 1. The van der Waals surface area contributed by atoms with Crippen molar-refractivity contribution in [3.8, 4) is 0 Å². The van der Waals surface area contributed by atoms with Crippen molar-refractivity contribution in [1.29, 1.82) is 0 Å². The highest BCUT2D eigenvalue weighted by molar-refractivity contribution is 8.02. The molecule has 0 spiro atoms. The highest BCUT2D eigenvalue weighted by atomic mass is 32.2. The van der Waals surface area contributed by atoms with Crippen LogP contribution < -0.4 is 5.32 Å². The van der Waals surface area contributed by atoms with Crippen molar-refractivity contribution in [1.82, 2.24) is 0 Å². The molecule has 0 saturated carbocycles. The molecule has 0 aliphatic carbocycles. The van der Waals surface area contributed by atoms with E-state index in [0.29, 0.717) is 17.7 Å². The molecule has 1 amide bonds. The molecule has 1 aromatic rings. The van der Waals surface area contributed by atoms with Gasteiger partial charge >= 0.3 is 5.97 Å². The zero-order valence-corrected chi connectivity index (χ0v) is 16.2. The normalized spacial score (nSPS) is 19.5. The number of rotatable bonds is 7. The molecule has 1 fully saturated rings. The first-order chi connectivity index (χ1) is 12.2. The van der Waals surface area contributed by atoms with Crippen LogP contribution in [-0.4, -0.2) is 54.7 Å². The fourth-order valence-electron chi connectivity index (χ4n) is 2.52. The minimum absolute atomic E-state index is 0.0132. The van der Waals surface area contributed by atoms with E-state index in [0.717, 1.165) is 0 Å². The third kappa shape index (κ3) is 6.14. The molecule has 0 aromatic heterocycles. The third-order valence-electron chi connectivity index (χ3n) is 3.79. The number of hydrogen-bond acceptors (Lipinski definition) is 7. The Morgan fingerprint density at radius 2 is 1.92 bits per heavy atom. The van der Waals surface area contributed by atoms with Gasteiger partial charge in [0.05, 0.1) is 17.3 Å². The fraction of sp³-hybridized carbons (Fsp3) is 0.471. The number of anilines is 1. The maximum absolute atomic E-state index is 12.3. The van der Waals surface area contributed by atoms with Crippen LogP contribution in [0, 0.1) is 0 Å². The molecule has 1 aliphatic rings. The van der Waals surface area contributed by atoms with E-state index in [2.05, 4.69) is 5.32 Å². The summed E-state index contributed by atoms with van der Waals surface area (Å²) in [5.41, 5.74) is 0.940. The zero-order chi connectivity index (χ0) is 19.3. The van der Waals surface area contributed by atoms with Crippen LogP contribution in [0.4, 0.5) is 5.69 Å². The predicted octanol–water partition coefficient (Wildman–Crippen LogP) is 1.68. The van der Waals surface area contributed by atoms with Crippen LogP contribution in [0.15, 0.2) is 24.3 Å². The number of amides is 1. The first-order valence-electron chi connectivity index (χ1n) is 8.09. The Morgan fingerprint density at radius 3 is 2.46 bits per heavy atom. The Morgan fingerprint density at radius 1 is 1.27 bits per heavy atom. The van der Waals surface area contributed by atoms with Gasteiger partial charge in [-0.2, -0.15) is 0 Å². The number of nitrogens with one attached hydrogen (secondary N) is 1. The van der Waals surface area contributed by atoms with Crippen LogP contribution in [0.1, 0.15) is 30.6 Å². The molecule has 2 rings (SSSR count). The lowest BCUT2D eigenvalue weighted by atomic mass is 10.1. The van der Waals surface area contributed by atoms with Gasteiger partial charge in [-0.05, 0) is 37.6 Å². The summed E-state index contributed by atoms with van der Waals surface area (Å²) < 4.78 is 27.9. The number of carbonyl (C=O) groups is 3. The fourth-order valence-corrected chi connectivity index (χ4v) is 5.94. The van der Waals surface area contributed by atoms with Crippen LogP contribution in [0.5, 0.6) is 0 Å². The van der Waals surface area contributed by atoms with Gasteiger partial charge in [0, 0.05) is 23.4 Å². The maximum Gasteiger partial charge on any atom is 0.316 e. The Balaban J connectivity index is 1.82. The monoisotopic (exact) mass is 399 g/mol. The zero-order valence-electron chi connectivity index (χ0n) is 14.6. The molecule has 1 heterocycles. The van der Waals surface area contributed by atoms with E-state index in [9.17, 15) is 22.8 Å². The summed E-state index contributed by atoms with van der Waals surface area (Å²) in [6, 6.07) is 6.30. The Hall–Kier alpha value is -1.87. The molecule has 1 N–H and O–H groups in total. The van der Waals surface area contributed by atoms with E-state index in [1.807, 2.05) is 0 Å². The van der Waals surface area contributed by atoms with Crippen molar-refractivity contribution in [3.05, 3.63) is 29.8 Å². The lowest BCUT2D eigenvalue weighted by Crippen LogP contribution is -2.25. The SMILES string of the molecule is CC(=O)Nc1ccc(C(=O)[C@H](C)OC(=O)CS[C@@H]2CCS(=O)(=O)C2)cc1. The predicted molar refractivity (Wildman–Crippen MR) is 100 cm³/mol. The first kappa shape index (κ1) is 20.4. The Bertz CT molecular complexity index is 788. The summed E-state index contributed by atoms with van der Waals surface area (Å²) >= 11 is 1.25. The van der Waals surface area contributed by atoms with Gasteiger partial charge in [0.15, 0.2) is 15.9 Å². The second-order valence-electron chi connectivity index (χ2n) is 6.09. The molecule has 26 heavy (non-hydrogen) atoms. The average molecular weight is 399 g/mol. The molecule has 142 valence electrons. The van der Waals surface area contributed by atoms with Crippen LogP contribution >= 0.6 is 11.8 Å². The highest BCUT2D eigenvalue weighted by Gasteiger charge is 2.29. The Kier molecular flexibility index (Phi) is 6.82. The summed E-state index contributed by atoms with van der Waals surface area (Å²) in [7, 11) is -2.98. The number of hydrogen-bond donors (Lipinski definition) is 1. The van der Waals surface area contributed by atoms with E-state index >= 15 is 0 Å². The molecule has 1 aliphatic heterocycles. The maximum atomic E-state index is 12.3. The molecular formula is C17H21NO6S2. The number of carbonyl (C=O) groups excluding carboxylic acids is 3. The smallest absolute Gasteiger partial charge is 0.316 e. The lowest BCUT2D eigenvalue weighted by molar-refractivity contribution is -0.143. The summed E-state index contributed by atoms with van der Waals surface area (Å²) in [5.74, 6) is -0.849. The number of ketones is 1. The molecule has 0 bridgehead atoms. The van der Waals surface area contributed by atoms with Gasteiger partial charge in [0.2, 0.25) is 11.7 Å². The van der Waals surface area contributed by atoms with E-state index in [1.54, 1.807) is 24.3 Å². The van der Waals surface area contributed by atoms with Crippen molar-refractivity contribution in [3.63, 3.8) is 0 Å². The van der Waals surface area contributed by atoms with Gasteiger partial charge in [-0.1, -0.05) is 0 Å². The molecule has 1 saturated heterocycles. The number of benzene rings is 1. The van der Waals surface area contributed by atoms with Crippen molar-refractivity contribution in [2.45, 2.75) is 31.6 Å². The topological polar surface area (TPSA) is 107 Å². The van der Waals surface area contributed by atoms with Gasteiger partial charge in [-0.3, -0.25) is 14.4 Å². The second-order valence-corrected chi connectivity index (χ2v) is 9.61. The van der Waals surface area contributed by atoms with Crippen molar-refractivity contribution in [2.24, 2.45) is 0 Å². The van der Waals surface area contributed by atoms with Crippen molar-refractivity contribution in [2.75, 3.05) is 22.6 Å². The molecule has 0 unspecified atom stereocenters. The van der Waals surface area contributed by atoms with Gasteiger partial charge in [0.25, 0.3) is 0 Å². The number of esters is 1. The lowest BCUT2D eigenvalue weighted by Gasteiger charge is -2.13. The van der Waals surface area contributed by atoms with E-state index in [-0.39, 0.29) is 34.2 Å². The van der Waals surface area contributed by atoms with E-state index < -0.39 is 21.9 Å². The van der Waals surface area contributed by atoms with Gasteiger partial charge in [-0.15, -0.1) is 11.8 Å². The molecule has 2 atom stereocenters. The standard InChI is InChI=1S/C17H21NO6S2/c1-11(17(21)13-3-5-14(6-4-13)18-12(2)19)24-16(20)9-25-15-7-8-26(22,23)10-15/h3-6,11,15H,7-10H2,1-2H3,(H,18,19)/t11-,15+/m0/s1. The van der Waals surface area contributed by atoms with Crippen molar-refractivity contribution >= 4 is 44.9 Å². The molecule has 7 nitrogen and oxygen atoms in total. The summed E-state index contributed by atoms with van der Waals surface area (Å²) in [5, 5.41) is 2.50. The number of Topliss-reactive ketones (excluding diaryl/α,β-unsaturated/α-hetero) is 1. The number of ether oxygens (including phenoxy) is 1. The van der Waals surface area contributed by atoms with Crippen molar-refractivity contribution < 1.29 is 27.5 Å². The largest absolute Gasteiger partial charge is 0.454 e. The summed E-state index contributed by atoms with van der Waals surface area (Å²) in [6.45, 7) is 2.88. The minimum atomic E-state index is -2.98. The van der Waals surface area contributed by atoms with Gasteiger partial charge < -0.3 is 10.1 Å². The minimum Gasteiger partial charge on any atom is -0.454 e. The van der Waals surface area contributed by atoms with Crippen LogP contribution in [-0.2, 0) is 24.2 Å². The Labute approximate surface area is 156 Å².